The molecule has 0 heterocycles. The maximum atomic E-state index is 12.0. The molecule has 0 spiro atoms. The van der Waals surface area contributed by atoms with Crippen molar-refractivity contribution in [1.29, 1.82) is 0 Å². The lowest BCUT2D eigenvalue weighted by Crippen LogP contribution is -2.45. The summed E-state index contributed by atoms with van der Waals surface area (Å²) >= 11 is 5.81. The molecule has 4 nitrogen and oxygen atoms in total. The monoisotopic (exact) mass is 297 g/mol. The molecular formula is C15H20ClNO3. The Morgan fingerprint density at radius 2 is 2.10 bits per heavy atom. The van der Waals surface area contributed by atoms with Crippen LogP contribution in [0.25, 0.3) is 0 Å². The van der Waals surface area contributed by atoms with Gasteiger partial charge in [-0.3, -0.25) is 4.79 Å². The van der Waals surface area contributed by atoms with E-state index in [1.165, 1.54) is 18.2 Å². The molecule has 0 atom stereocenters. The highest BCUT2D eigenvalue weighted by Gasteiger charge is 2.32. The van der Waals surface area contributed by atoms with Gasteiger partial charge < -0.3 is 15.5 Å². The molecule has 1 aliphatic rings. The van der Waals surface area contributed by atoms with Crippen molar-refractivity contribution in [2.24, 2.45) is 5.92 Å². The van der Waals surface area contributed by atoms with E-state index in [4.69, 9.17) is 11.6 Å². The molecule has 1 aromatic carbocycles. The molecule has 2 rings (SSSR count). The van der Waals surface area contributed by atoms with Gasteiger partial charge in [-0.05, 0) is 49.8 Å². The molecule has 1 aliphatic carbocycles. The lowest BCUT2D eigenvalue weighted by atomic mass is 9.79. The molecule has 0 bridgehead atoms. The highest BCUT2D eigenvalue weighted by Crippen LogP contribution is 2.31. The average molecular weight is 298 g/mol. The van der Waals surface area contributed by atoms with Crippen LogP contribution in [0.15, 0.2) is 18.2 Å². The second-order valence-electron chi connectivity index (χ2n) is 5.75. The second-order valence-corrected chi connectivity index (χ2v) is 6.19. The summed E-state index contributed by atoms with van der Waals surface area (Å²) in [7, 11) is 0. The van der Waals surface area contributed by atoms with Gasteiger partial charge in [-0.1, -0.05) is 18.5 Å². The first-order valence-corrected chi connectivity index (χ1v) is 7.26. The van der Waals surface area contributed by atoms with E-state index in [0.29, 0.717) is 23.8 Å². The number of nitrogens with one attached hydrogen (secondary N) is 1. The Kier molecular flexibility index (Phi) is 4.55. The van der Waals surface area contributed by atoms with E-state index >= 15 is 0 Å². The van der Waals surface area contributed by atoms with E-state index in [1.807, 2.05) is 0 Å². The normalized spacial score (nSPS) is 26.2. The summed E-state index contributed by atoms with van der Waals surface area (Å²) in [6.45, 7) is 2.37. The van der Waals surface area contributed by atoms with Crippen LogP contribution in [0.5, 0.6) is 5.75 Å². The van der Waals surface area contributed by atoms with Gasteiger partial charge in [0.1, 0.15) is 5.75 Å². The number of halogens is 1. The summed E-state index contributed by atoms with van der Waals surface area (Å²) in [6, 6.07) is 4.32. The van der Waals surface area contributed by atoms with Gasteiger partial charge in [0.25, 0.3) is 5.91 Å². The molecule has 5 heteroatoms. The van der Waals surface area contributed by atoms with E-state index < -0.39 is 11.5 Å². The topological polar surface area (TPSA) is 69.6 Å². The molecule has 0 radical (unpaired) electrons. The van der Waals surface area contributed by atoms with Crippen molar-refractivity contribution >= 4 is 17.5 Å². The van der Waals surface area contributed by atoms with Crippen molar-refractivity contribution in [2.45, 2.75) is 38.2 Å². The second kappa shape index (κ2) is 6.02. The summed E-state index contributed by atoms with van der Waals surface area (Å²) in [6.07, 6.45) is 3.32. The lowest BCUT2D eigenvalue weighted by molar-refractivity contribution is -0.00542. The van der Waals surface area contributed by atoms with Crippen LogP contribution in [-0.4, -0.2) is 28.3 Å². The van der Waals surface area contributed by atoms with Crippen molar-refractivity contribution in [3.05, 3.63) is 28.8 Å². The van der Waals surface area contributed by atoms with Gasteiger partial charge in [-0.2, -0.15) is 0 Å². The molecule has 110 valence electrons. The van der Waals surface area contributed by atoms with Crippen molar-refractivity contribution in [3.8, 4) is 5.75 Å². The number of amides is 1. The fourth-order valence-corrected chi connectivity index (χ4v) is 2.68. The number of aromatic hydroxyl groups is 1. The number of rotatable bonds is 3. The molecule has 1 fully saturated rings. The number of aliphatic hydroxyl groups is 1. The molecule has 0 saturated heterocycles. The van der Waals surface area contributed by atoms with Crippen LogP contribution < -0.4 is 5.32 Å². The molecule has 0 aliphatic heterocycles. The zero-order valence-electron chi connectivity index (χ0n) is 11.5. The quantitative estimate of drug-likeness (QED) is 0.803. The first-order valence-electron chi connectivity index (χ1n) is 6.89. The number of hydrogen-bond donors (Lipinski definition) is 3. The molecule has 0 aromatic heterocycles. The van der Waals surface area contributed by atoms with E-state index in [2.05, 4.69) is 12.2 Å². The van der Waals surface area contributed by atoms with Crippen LogP contribution in [0.3, 0.4) is 0 Å². The van der Waals surface area contributed by atoms with Crippen molar-refractivity contribution in [1.82, 2.24) is 5.32 Å². The Labute approximate surface area is 123 Å². The third kappa shape index (κ3) is 3.64. The highest BCUT2D eigenvalue weighted by molar-refractivity contribution is 6.31. The van der Waals surface area contributed by atoms with E-state index in [-0.39, 0.29) is 17.9 Å². The molecule has 1 saturated carbocycles. The summed E-state index contributed by atoms with van der Waals surface area (Å²) in [5, 5.41) is 23.1. The number of benzene rings is 1. The number of carbonyl (C=O) groups is 1. The van der Waals surface area contributed by atoms with Gasteiger partial charge in [0.15, 0.2) is 0 Å². The number of hydrogen-bond acceptors (Lipinski definition) is 3. The van der Waals surface area contributed by atoms with Crippen LogP contribution >= 0.6 is 11.6 Å². The van der Waals surface area contributed by atoms with Crippen molar-refractivity contribution in [2.75, 3.05) is 6.54 Å². The van der Waals surface area contributed by atoms with Gasteiger partial charge >= 0.3 is 0 Å². The average Bonchev–Trinajstić information content (AvgIpc) is 2.43. The van der Waals surface area contributed by atoms with E-state index in [0.717, 1.165) is 12.8 Å². The Morgan fingerprint density at radius 3 is 2.75 bits per heavy atom. The Hall–Kier alpha value is -1.26. The Balaban J connectivity index is 1.97. The third-order valence-electron chi connectivity index (χ3n) is 3.99. The Morgan fingerprint density at radius 1 is 1.45 bits per heavy atom. The standard InChI is InChI=1S/C15H20ClNO3/c1-10-4-6-15(20,7-5-10)9-17-14(19)12-8-11(16)2-3-13(12)18/h2-3,8,10,18,20H,4-7,9H2,1H3,(H,17,19). The molecular weight excluding hydrogens is 278 g/mol. The predicted octanol–water partition coefficient (Wildman–Crippen LogP) is 2.72. The molecule has 20 heavy (non-hydrogen) atoms. The molecule has 3 N–H and O–H groups in total. The third-order valence-corrected chi connectivity index (χ3v) is 4.22. The van der Waals surface area contributed by atoms with Crippen molar-refractivity contribution < 1.29 is 15.0 Å². The zero-order valence-corrected chi connectivity index (χ0v) is 12.3. The molecule has 1 amide bonds. The Bertz CT molecular complexity index is 496. The number of phenolic OH excluding ortho intramolecular Hbond substituents is 1. The summed E-state index contributed by atoms with van der Waals surface area (Å²) in [4.78, 5) is 12.0. The maximum absolute atomic E-state index is 12.0. The smallest absolute Gasteiger partial charge is 0.255 e. The minimum atomic E-state index is -0.837. The molecule has 1 aromatic rings. The van der Waals surface area contributed by atoms with E-state index in [9.17, 15) is 15.0 Å². The number of carbonyl (C=O) groups excluding carboxylic acids is 1. The SMILES string of the molecule is CC1CCC(O)(CNC(=O)c2cc(Cl)ccc2O)CC1. The van der Waals surface area contributed by atoms with Crippen LogP contribution in [0.1, 0.15) is 43.0 Å². The predicted molar refractivity (Wildman–Crippen MR) is 78.0 cm³/mol. The summed E-state index contributed by atoms with van der Waals surface area (Å²) < 4.78 is 0. The maximum Gasteiger partial charge on any atom is 0.255 e. The van der Waals surface area contributed by atoms with Crippen molar-refractivity contribution in [3.63, 3.8) is 0 Å². The van der Waals surface area contributed by atoms with Crippen LogP contribution in [-0.2, 0) is 0 Å². The van der Waals surface area contributed by atoms with Gasteiger partial charge in [0.05, 0.1) is 11.2 Å². The fourth-order valence-electron chi connectivity index (χ4n) is 2.51. The van der Waals surface area contributed by atoms with Crippen LogP contribution in [0.4, 0.5) is 0 Å². The van der Waals surface area contributed by atoms with Crippen LogP contribution in [0, 0.1) is 5.92 Å². The molecule has 0 unspecified atom stereocenters. The zero-order chi connectivity index (χ0) is 14.8. The fraction of sp³-hybridized carbons (Fsp3) is 0.533. The first kappa shape index (κ1) is 15.1. The van der Waals surface area contributed by atoms with Gasteiger partial charge in [-0.25, -0.2) is 0 Å². The summed E-state index contributed by atoms with van der Waals surface area (Å²) in [5.41, 5.74) is -0.707. The lowest BCUT2D eigenvalue weighted by Gasteiger charge is -2.34. The number of phenols is 1. The highest BCUT2D eigenvalue weighted by atomic mass is 35.5. The van der Waals surface area contributed by atoms with Gasteiger partial charge in [0, 0.05) is 11.6 Å². The van der Waals surface area contributed by atoms with Gasteiger partial charge in [-0.15, -0.1) is 0 Å². The summed E-state index contributed by atoms with van der Waals surface area (Å²) in [5.74, 6) is 0.0937. The minimum Gasteiger partial charge on any atom is -0.507 e. The first-order chi connectivity index (χ1) is 9.39. The minimum absolute atomic E-state index is 0.115. The van der Waals surface area contributed by atoms with Gasteiger partial charge in [0.2, 0.25) is 0 Å². The largest absolute Gasteiger partial charge is 0.507 e. The van der Waals surface area contributed by atoms with E-state index in [1.54, 1.807) is 0 Å². The van der Waals surface area contributed by atoms with Crippen LogP contribution in [0.2, 0.25) is 5.02 Å².